The van der Waals surface area contributed by atoms with Crippen molar-refractivity contribution >= 4 is 21.6 Å². The first-order chi connectivity index (χ1) is 17.8. The number of amides is 1. The fraction of sp³-hybridized carbons (Fsp3) is 0.345. The van der Waals surface area contributed by atoms with Crippen LogP contribution in [0.4, 0.5) is 5.69 Å². The molecule has 3 aromatic rings. The van der Waals surface area contributed by atoms with Crippen LogP contribution < -0.4 is 14.8 Å². The van der Waals surface area contributed by atoms with Gasteiger partial charge in [-0.25, -0.2) is 8.42 Å². The van der Waals surface area contributed by atoms with Crippen molar-refractivity contribution in [3.05, 3.63) is 83.9 Å². The van der Waals surface area contributed by atoms with Gasteiger partial charge in [0, 0.05) is 18.8 Å². The van der Waals surface area contributed by atoms with E-state index >= 15 is 0 Å². The second kappa shape index (κ2) is 11.8. The van der Waals surface area contributed by atoms with Crippen molar-refractivity contribution in [3.63, 3.8) is 0 Å². The molecule has 0 aliphatic carbocycles. The molecule has 1 atom stereocenters. The molecule has 0 unspecified atom stereocenters. The van der Waals surface area contributed by atoms with Gasteiger partial charge in [-0.2, -0.15) is 4.31 Å². The first-order valence-electron chi connectivity index (χ1n) is 12.5. The predicted octanol–water partition coefficient (Wildman–Crippen LogP) is 5.44. The summed E-state index contributed by atoms with van der Waals surface area (Å²) in [6.07, 6.45) is 1.23. The summed E-state index contributed by atoms with van der Waals surface area (Å²) in [5, 5.41) is 2.93. The molecule has 1 aliphatic rings. The van der Waals surface area contributed by atoms with Crippen LogP contribution in [0, 0.1) is 5.92 Å². The minimum absolute atomic E-state index is 0.126. The van der Waals surface area contributed by atoms with E-state index in [-0.39, 0.29) is 23.3 Å². The number of anilines is 1. The van der Waals surface area contributed by atoms with E-state index in [4.69, 9.17) is 9.47 Å². The van der Waals surface area contributed by atoms with Crippen molar-refractivity contribution in [3.8, 4) is 11.5 Å². The van der Waals surface area contributed by atoms with Gasteiger partial charge < -0.3 is 14.8 Å². The largest absolute Gasteiger partial charge is 0.495 e. The van der Waals surface area contributed by atoms with Crippen molar-refractivity contribution in [2.75, 3.05) is 25.5 Å². The number of benzene rings is 3. The Morgan fingerprint density at radius 3 is 2.46 bits per heavy atom. The molecule has 0 bridgehead atoms. The molecule has 1 saturated heterocycles. The lowest BCUT2D eigenvalue weighted by atomic mass is 9.98. The molecule has 1 N–H and O–H groups in total. The zero-order valence-corrected chi connectivity index (χ0v) is 22.3. The smallest absolute Gasteiger partial charge is 0.246 e. The maximum absolute atomic E-state index is 13.6. The normalized spacial score (nSPS) is 16.4. The number of methoxy groups -OCH3 is 1. The van der Waals surface area contributed by atoms with Crippen LogP contribution in [0.5, 0.6) is 11.5 Å². The van der Waals surface area contributed by atoms with Crippen LogP contribution in [0.25, 0.3) is 0 Å². The third-order valence-corrected chi connectivity index (χ3v) is 8.48. The van der Waals surface area contributed by atoms with Crippen LogP contribution in [-0.4, -0.2) is 38.8 Å². The standard InChI is InChI=1S/C29H34N2O5S/c1-21(2)23-11-16-27(35-3)28(18-23)37(33,34)31-17-7-10-24(19-31)29(32)30-25-12-14-26(15-13-25)36-20-22-8-5-4-6-9-22/h4-6,8-9,11-16,18,21,24H,7,10,17,19-20H2,1-3H3,(H,30,32)/t24-/m1/s1. The van der Waals surface area contributed by atoms with Gasteiger partial charge in [-0.1, -0.05) is 50.2 Å². The van der Waals surface area contributed by atoms with Crippen LogP contribution in [0.1, 0.15) is 43.7 Å². The Bertz CT molecular complexity index is 1310. The van der Waals surface area contributed by atoms with Gasteiger partial charge in [-0.15, -0.1) is 0 Å². The molecule has 1 heterocycles. The minimum Gasteiger partial charge on any atom is -0.495 e. The molecule has 0 saturated carbocycles. The first-order valence-corrected chi connectivity index (χ1v) is 14.0. The number of rotatable bonds is 9. The van der Waals surface area contributed by atoms with Gasteiger partial charge in [-0.05, 0) is 66.3 Å². The van der Waals surface area contributed by atoms with E-state index in [0.717, 1.165) is 11.1 Å². The predicted molar refractivity (Wildman–Crippen MR) is 144 cm³/mol. The zero-order chi connectivity index (χ0) is 26.4. The number of carbonyl (C=O) groups is 1. The Labute approximate surface area is 219 Å². The molecule has 1 amide bonds. The second-order valence-electron chi connectivity index (χ2n) is 9.56. The summed E-state index contributed by atoms with van der Waals surface area (Å²) in [7, 11) is -2.36. The highest BCUT2D eigenvalue weighted by Gasteiger charge is 2.35. The summed E-state index contributed by atoms with van der Waals surface area (Å²) < 4.78 is 39.7. The van der Waals surface area contributed by atoms with E-state index in [1.54, 1.807) is 24.3 Å². The maximum Gasteiger partial charge on any atom is 0.246 e. The minimum atomic E-state index is -3.82. The summed E-state index contributed by atoms with van der Waals surface area (Å²) in [6.45, 7) is 4.99. The summed E-state index contributed by atoms with van der Waals surface area (Å²) in [4.78, 5) is 13.2. The Balaban J connectivity index is 1.40. The number of nitrogens with one attached hydrogen (secondary N) is 1. The van der Waals surface area contributed by atoms with Crippen LogP contribution in [0.15, 0.2) is 77.7 Å². The summed E-state index contributed by atoms with van der Waals surface area (Å²) in [5.41, 5.74) is 2.63. The molecule has 196 valence electrons. The summed E-state index contributed by atoms with van der Waals surface area (Å²) >= 11 is 0. The number of nitrogens with zero attached hydrogens (tertiary/aromatic N) is 1. The van der Waals surface area contributed by atoms with E-state index < -0.39 is 15.9 Å². The third kappa shape index (κ3) is 6.50. The van der Waals surface area contributed by atoms with Gasteiger partial charge in [-0.3, -0.25) is 4.79 Å². The van der Waals surface area contributed by atoms with Crippen LogP contribution >= 0.6 is 0 Å². The molecule has 0 radical (unpaired) electrons. The van der Waals surface area contributed by atoms with Gasteiger partial charge in [0.2, 0.25) is 15.9 Å². The molecule has 8 heteroatoms. The van der Waals surface area contributed by atoms with E-state index in [0.29, 0.717) is 43.2 Å². The maximum atomic E-state index is 13.6. The monoisotopic (exact) mass is 522 g/mol. The fourth-order valence-electron chi connectivity index (χ4n) is 4.39. The highest BCUT2D eigenvalue weighted by molar-refractivity contribution is 7.89. The summed E-state index contributed by atoms with van der Waals surface area (Å²) in [5.74, 6) is 0.548. The quantitative estimate of drug-likeness (QED) is 0.405. The van der Waals surface area contributed by atoms with Crippen molar-refractivity contribution in [2.45, 2.75) is 44.1 Å². The molecule has 37 heavy (non-hydrogen) atoms. The van der Waals surface area contributed by atoms with Gasteiger partial charge >= 0.3 is 0 Å². The molecule has 7 nitrogen and oxygen atoms in total. The number of piperidine rings is 1. The molecule has 4 rings (SSSR count). The number of hydrogen-bond acceptors (Lipinski definition) is 5. The highest BCUT2D eigenvalue weighted by atomic mass is 32.2. The van der Waals surface area contributed by atoms with Crippen LogP contribution in [0.2, 0.25) is 0 Å². The number of sulfonamides is 1. The molecule has 3 aromatic carbocycles. The Kier molecular flexibility index (Phi) is 8.51. The molecule has 0 spiro atoms. The molecular weight excluding hydrogens is 488 g/mol. The van der Waals surface area contributed by atoms with Gasteiger partial charge in [0.25, 0.3) is 0 Å². The topological polar surface area (TPSA) is 84.9 Å². The van der Waals surface area contributed by atoms with E-state index in [2.05, 4.69) is 5.32 Å². The molecule has 1 aliphatic heterocycles. The average Bonchev–Trinajstić information content (AvgIpc) is 2.92. The van der Waals surface area contributed by atoms with Crippen molar-refractivity contribution in [1.82, 2.24) is 4.31 Å². The lowest BCUT2D eigenvalue weighted by Crippen LogP contribution is -2.43. The molecule has 1 fully saturated rings. The second-order valence-corrected chi connectivity index (χ2v) is 11.5. The van der Waals surface area contributed by atoms with Crippen molar-refractivity contribution in [2.24, 2.45) is 5.92 Å². The molecular formula is C29H34N2O5S. The third-order valence-electron chi connectivity index (χ3n) is 6.60. The number of hydrogen-bond donors (Lipinski definition) is 1. The van der Waals surface area contributed by atoms with Crippen LogP contribution in [-0.2, 0) is 21.4 Å². The van der Waals surface area contributed by atoms with E-state index in [9.17, 15) is 13.2 Å². The summed E-state index contributed by atoms with van der Waals surface area (Å²) in [6, 6.07) is 22.4. The lowest BCUT2D eigenvalue weighted by molar-refractivity contribution is -0.120. The Hall–Kier alpha value is -3.36. The van der Waals surface area contributed by atoms with E-state index in [1.165, 1.54) is 11.4 Å². The number of ether oxygens (including phenoxy) is 2. The van der Waals surface area contributed by atoms with Crippen molar-refractivity contribution < 1.29 is 22.7 Å². The van der Waals surface area contributed by atoms with Gasteiger partial charge in [0.15, 0.2) is 0 Å². The van der Waals surface area contributed by atoms with Gasteiger partial charge in [0.1, 0.15) is 23.0 Å². The van der Waals surface area contributed by atoms with Crippen molar-refractivity contribution in [1.29, 1.82) is 0 Å². The Morgan fingerprint density at radius 1 is 1.05 bits per heavy atom. The Morgan fingerprint density at radius 2 is 1.78 bits per heavy atom. The first kappa shape index (κ1) is 26.7. The number of carbonyl (C=O) groups excluding carboxylic acids is 1. The average molecular weight is 523 g/mol. The highest BCUT2D eigenvalue weighted by Crippen LogP contribution is 2.32. The fourth-order valence-corrected chi connectivity index (χ4v) is 6.10. The lowest BCUT2D eigenvalue weighted by Gasteiger charge is -2.31. The molecule has 0 aromatic heterocycles. The van der Waals surface area contributed by atoms with E-state index in [1.807, 2.05) is 62.4 Å². The SMILES string of the molecule is COc1ccc(C(C)C)cc1S(=O)(=O)N1CCC[C@@H](C(=O)Nc2ccc(OCc3ccccc3)cc2)C1. The zero-order valence-electron chi connectivity index (χ0n) is 21.5. The van der Waals surface area contributed by atoms with Gasteiger partial charge in [0.05, 0.1) is 13.0 Å². The van der Waals surface area contributed by atoms with Crippen LogP contribution in [0.3, 0.4) is 0 Å².